The molecule has 0 atom stereocenters. The third kappa shape index (κ3) is 2.71. The molecule has 5 nitrogen and oxygen atoms in total. The van der Waals surface area contributed by atoms with Crippen LogP contribution >= 0.6 is 0 Å². The van der Waals surface area contributed by atoms with Gasteiger partial charge in [0.05, 0.1) is 0 Å². The zero-order valence-electron chi connectivity index (χ0n) is 15.5. The number of furan rings is 1. The summed E-state index contributed by atoms with van der Waals surface area (Å²) in [6.45, 7) is 7.56. The van der Waals surface area contributed by atoms with Crippen LogP contribution in [0.15, 0.2) is 25.8 Å². The lowest BCUT2D eigenvalue weighted by molar-refractivity contribution is -0.130. The van der Waals surface area contributed by atoms with Gasteiger partial charge in [-0.2, -0.15) is 0 Å². The molecule has 1 aliphatic heterocycles. The Hall–Kier alpha value is -2.56. The molecule has 1 saturated heterocycles. The first kappa shape index (κ1) is 16.9. The lowest BCUT2D eigenvalue weighted by Gasteiger charge is -2.15. The Kier molecular flexibility index (Phi) is 4.10. The molecule has 0 spiro atoms. The van der Waals surface area contributed by atoms with Crippen LogP contribution in [0.2, 0.25) is 0 Å². The summed E-state index contributed by atoms with van der Waals surface area (Å²) in [5, 5.41) is 1.94. The molecule has 2 aromatic heterocycles. The van der Waals surface area contributed by atoms with Crippen molar-refractivity contribution in [2.24, 2.45) is 0 Å². The molecular formula is C21H23NO4. The number of hydrogen-bond donors (Lipinski definition) is 0. The molecule has 3 aromatic rings. The van der Waals surface area contributed by atoms with Crippen LogP contribution in [0.3, 0.4) is 0 Å². The highest BCUT2D eigenvalue weighted by Gasteiger charge is 2.20. The molecule has 1 aromatic carbocycles. The minimum Gasteiger partial charge on any atom is -0.461 e. The fourth-order valence-electron chi connectivity index (χ4n) is 3.87. The summed E-state index contributed by atoms with van der Waals surface area (Å²) in [7, 11) is 0. The zero-order chi connectivity index (χ0) is 18.4. The van der Waals surface area contributed by atoms with E-state index in [1.54, 1.807) is 6.07 Å². The summed E-state index contributed by atoms with van der Waals surface area (Å²) in [5.74, 6) is 0.991. The number of fused-ring (bicyclic) bond motifs is 2. The maximum atomic E-state index is 12.5. The SMILES string of the molecule is Cc1oc2cc3oc(=O)c(CCC(=O)N4CCCC4)c(C)c3cc2c1C. The Labute approximate surface area is 151 Å². The van der Waals surface area contributed by atoms with Gasteiger partial charge in [-0.1, -0.05) is 0 Å². The van der Waals surface area contributed by atoms with E-state index >= 15 is 0 Å². The number of aryl methyl sites for hydroxylation is 3. The van der Waals surface area contributed by atoms with Crippen molar-refractivity contribution in [3.05, 3.63) is 45.0 Å². The highest BCUT2D eigenvalue weighted by molar-refractivity contribution is 5.96. The fourth-order valence-corrected chi connectivity index (χ4v) is 3.87. The molecule has 0 unspecified atom stereocenters. The summed E-state index contributed by atoms with van der Waals surface area (Å²) in [4.78, 5) is 26.7. The Morgan fingerprint density at radius 3 is 2.38 bits per heavy atom. The second kappa shape index (κ2) is 6.31. The maximum absolute atomic E-state index is 12.5. The molecule has 0 radical (unpaired) electrons. The van der Waals surface area contributed by atoms with Crippen molar-refractivity contribution >= 4 is 27.8 Å². The van der Waals surface area contributed by atoms with Gasteiger partial charge in [-0.05, 0) is 57.2 Å². The van der Waals surface area contributed by atoms with E-state index in [1.165, 1.54) is 0 Å². The topological polar surface area (TPSA) is 63.7 Å². The molecule has 136 valence electrons. The monoisotopic (exact) mass is 353 g/mol. The summed E-state index contributed by atoms with van der Waals surface area (Å²) in [5.41, 5.74) is 3.49. The Bertz CT molecular complexity index is 1070. The first-order valence-electron chi connectivity index (χ1n) is 9.19. The van der Waals surface area contributed by atoms with Crippen molar-refractivity contribution in [3.63, 3.8) is 0 Å². The van der Waals surface area contributed by atoms with Crippen LogP contribution in [-0.2, 0) is 11.2 Å². The summed E-state index contributed by atoms with van der Waals surface area (Å²) < 4.78 is 11.3. The number of benzene rings is 1. The highest BCUT2D eigenvalue weighted by Crippen LogP contribution is 2.31. The van der Waals surface area contributed by atoms with E-state index in [0.717, 1.165) is 59.2 Å². The molecule has 4 rings (SSSR count). The zero-order valence-corrected chi connectivity index (χ0v) is 15.5. The second-order valence-electron chi connectivity index (χ2n) is 7.21. The lowest BCUT2D eigenvalue weighted by atomic mass is 10.0. The van der Waals surface area contributed by atoms with Crippen molar-refractivity contribution in [1.29, 1.82) is 0 Å². The van der Waals surface area contributed by atoms with Crippen LogP contribution in [0, 0.1) is 20.8 Å². The summed E-state index contributed by atoms with van der Waals surface area (Å²) in [6, 6.07) is 3.82. The van der Waals surface area contributed by atoms with Gasteiger partial charge in [0.2, 0.25) is 5.91 Å². The standard InChI is InChI=1S/C21H23NO4/c1-12-14(3)25-18-11-19-17(10-16(12)18)13(2)15(21(24)26-19)6-7-20(23)22-8-4-5-9-22/h10-11H,4-9H2,1-3H3. The molecule has 1 aliphatic rings. The predicted octanol–water partition coefficient (Wildman–Crippen LogP) is 4.02. The molecule has 5 heteroatoms. The maximum Gasteiger partial charge on any atom is 0.339 e. The van der Waals surface area contributed by atoms with Crippen molar-refractivity contribution in [1.82, 2.24) is 4.90 Å². The molecule has 3 heterocycles. The van der Waals surface area contributed by atoms with Crippen molar-refractivity contribution in [2.75, 3.05) is 13.1 Å². The normalized spacial score (nSPS) is 14.7. The average Bonchev–Trinajstić information content (AvgIpc) is 3.23. The number of likely N-dealkylation sites (tertiary alicyclic amines) is 1. The van der Waals surface area contributed by atoms with Gasteiger partial charge in [-0.15, -0.1) is 0 Å². The third-order valence-corrected chi connectivity index (χ3v) is 5.63. The Morgan fingerprint density at radius 1 is 1.00 bits per heavy atom. The predicted molar refractivity (Wildman–Crippen MR) is 101 cm³/mol. The molecule has 1 amide bonds. The molecule has 0 N–H and O–H groups in total. The number of nitrogens with zero attached hydrogens (tertiary/aromatic N) is 1. The Morgan fingerprint density at radius 2 is 1.65 bits per heavy atom. The van der Waals surface area contributed by atoms with Crippen LogP contribution in [0.1, 0.15) is 41.7 Å². The minimum absolute atomic E-state index is 0.123. The average molecular weight is 353 g/mol. The van der Waals surface area contributed by atoms with Crippen LogP contribution in [0.5, 0.6) is 0 Å². The van der Waals surface area contributed by atoms with Crippen LogP contribution in [-0.4, -0.2) is 23.9 Å². The fraction of sp³-hybridized carbons (Fsp3) is 0.429. The van der Waals surface area contributed by atoms with Gasteiger partial charge in [-0.3, -0.25) is 4.79 Å². The number of hydrogen-bond acceptors (Lipinski definition) is 4. The Balaban J connectivity index is 1.72. The van der Waals surface area contributed by atoms with Gasteiger partial charge in [-0.25, -0.2) is 4.79 Å². The number of amides is 1. The first-order valence-corrected chi connectivity index (χ1v) is 9.19. The molecule has 26 heavy (non-hydrogen) atoms. The van der Waals surface area contributed by atoms with Gasteiger partial charge < -0.3 is 13.7 Å². The van der Waals surface area contributed by atoms with E-state index in [2.05, 4.69) is 0 Å². The molecule has 0 saturated carbocycles. The molecule has 0 bridgehead atoms. The van der Waals surface area contributed by atoms with Crippen LogP contribution < -0.4 is 5.63 Å². The number of rotatable bonds is 3. The van der Waals surface area contributed by atoms with Crippen molar-refractivity contribution < 1.29 is 13.6 Å². The molecule has 1 fully saturated rings. The largest absolute Gasteiger partial charge is 0.461 e. The lowest BCUT2D eigenvalue weighted by Crippen LogP contribution is -2.28. The van der Waals surface area contributed by atoms with Crippen LogP contribution in [0.25, 0.3) is 21.9 Å². The second-order valence-corrected chi connectivity index (χ2v) is 7.21. The van der Waals surface area contributed by atoms with Gasteiger partial charge >= 0.3 is 5.63 Å². The van der Waals surface area contributed by atoms with E-state index in [9.17, 15) is 9.59 Å². The molecule has 0 aliphatic carbocycles. The number of carbonyl (C=O) groups excluding carboxylic acids is 1. The van der Waals surface area contributed by atoms with Crippen molar-refractivity contribution in [2.45, 2.75) is 46.5 Å². The summed E-state index contributed by atoms with van der Waals surface area (Å²) >= 11 is 0. The van der Waals surface area contributed by atoms with Crippen LogP contribution in [0.4, 0.5) is 0 Å². The first-order chi connectivity index (χ1) is 12.5. The van der Waals surface area contributed by atoms with E-state index < -0.39 is 0 Å². The van der Waals surface area contributed by atoms with E-state index in [0.29, 0.717) is 24.0 Å². The van der Waals surface area contributed by atoms with E-state index in [1.807, 2.05) is 31.7 Å². The summed E-state index contributed by atoms with van der Waals surface area (Å²) in [6.07, 6.45) is 2.91. The highest BCUT2D eigenvalue weighted by atomic mass is 16.4. The van der Waals surface area contributed by atoms with Crippen molar-refractivity contribution in [3.8, 4) is 0 Å². The molecular weight excluding hydrogens is 330 g/mol. The van der Waals surface area contributed by atoms with E-state index in [-0.39, 0.29) is 11.5 Å². The third-order valence-electron chi connectivity index (χ3n) is 5.63. The quantitative estimate of drug-likeness (QED) is 0.667. The van der Waals surface area contributed by atoms with Gasteiger partial charge in [0, 0.05) is 41.9 Å². The minimum atomic E-state index is -0.358. The smallest absolute Gasteiger partial charge is 0.339 e. The van der Waals surface area contributed by atoms with Gasteiger partial charge in [0.1, 0.15) is 16.9 Å². The number of carbonyl (C=O) groups is 1. The van der Waals surface area contributed by atoms with Gasteiger partial charge in [0.15, 0.2) is 0 Å². The van der Waals surface area contributed by atoms with Gasteiger partial charge in [0.25, 0.3) is 0 Å². The van der Waals surface area contributed by atoms with E-state index in [4.69, 9.17) is 8.83 Å².